The summed E-state index contributed by atoms with van der Waals surface area (Å²) >= 11 is 0. The number of hydrogen-bond acceptors (Lipinski definition) is 6. The molecule has 4 N–H and O–H groups in total. The number of amides is 1. The van der Waals surface area contributed by atoms with E-state index in [1.807, 2.05) is 0 Å². The quantitative estimate of drug-likeness (QED) is 0.705. The number of aromatic nitrogens is 4. The Morgan fingerprint density at radius 1 is 1.55 bits per heavy atom. The van der Waals surface area contributed by atoms with Crippen molar-refractivity contribution in [2.75, 3.05) is 30.8 Å². The molecule has 3 heterocycles. The van der Waals surface area contributed by atoms with Crippen LogP contribution in [0.15, 0.2) is 6.20 Å². The van der Waals surface area contributed by atoms with Gasteiger partial charge in [0.25, 0.3) is 0 Å². The van der Waals surface area contributed by atoms with Crippen LogP contribution in [-0.4, -0.2) is 46.2 Å². The monoisotopic (exact) mass is 275 g/mol. The number of hydrogen-bond donors (Lipinski definition) is 3. The second-order valence-corrected chi connectivity index (χ2v) is 4.94. The minimum Gasteiger partial charge on any atom is -0.368 e. The highest BCUT2D eigenvalue weighted by atomic mass is 16.1. The summed E-state index contributed by atoms with van der Waals surface area (Å²) in [5.74, 6) is 1.00. The normalized spacial score (nSPS) is 19.2. The van der Waals surface area contributed by atoms with Crippen LogP contribution >= 0.6 is 0 Å². The number of nitrogens with two attached hydrogens (primary N) is 1. The van der Waals surface area contributed by atoms with Crippen molar-refractivity contribution in [2.45, 2.75) is 12.8 Å². The Bertz CT molecular complexity index is 638. The first-order valence-electron chi connectivity index (χ1n) is 6.62. The van der Waals surface area contributed by atoms with Gasteiger partial charge in [-0.05, 0) is 12.8 Å². The summed E-state index contributed by atoms with van der Waals surface area (Å²) in [6.45, 7) is 1.49. The molecule has 1 amide bonds. The molecule has 0 aliphatic carbocycles. The lowest BCUT2D eigenvalue weighted by Gasteiger charge is -2.32. The Morgan fingerprint density at radius 3 is 3.20 bits per heavy atom. The second-order valence-electron chi connectivity index (χ2n) is 4.94. The van der Waals surface area contributed by atoms with Crippen molar-refractivity contribution in [3.05, 3.63) is 6.20 Å². The van der Waals surface area contributed by atoms with Crippen LogP contribution in [0.2, 0.25) is 0 Å². The van der Waals surface area contributed by atoms with Gasteiger partial charge in [-0.15, -0.1) is 0 Å². The number of fused-ring (bicyclic) bond motifs is 1. The fourth-order valence-electron chi connectivity index (χ4n) is 2.67. The fraction of sp³-hybridized carbons (Fsp3) is 0.500. The molecule has 0 bridgehead atoms. The predicted octanol–water partition coefficient (Wildman–Crippen LogP) is -0.102. The fourth-order valence-corrected chi connectivity index (χ4v) is 2.67. The van der Waals surface area contributed by atoms with Crippen LogP contribution in [0, 0.1) is 5.92 Å². The number of piperidine rings is 1. The molecule has 0 aromatic carbocycles. The van der Waals surface area contributed by atoms with E-state index in [-0.39, 0.29) is 17.8 Å². The van der Waals surface area contributed by atoms with E-state index in [1.165, 1.54) is 0 Å². The highest BCUT2D eigenvalue weighted by Gasteiger charge is 2.27. The second kappa shape index (κ2) is 4.95. The van der Waals surface area contributed by atoms with E-state index in [4.69, 9.17) is 5.73 Å². The van der Waals surface area contributed by atoms with E-state index in [0.29, 0.717) is 12.2 Å². The molecule has 0 radical (unpaired) electrons. The van der Waals surface area contributed by atoms with Crippen molar-refractivity contribution >= 4 is 28.7 Å². The molecule has 0 saturated carbocycles. The molecule has 1 fully saturated rings. The molecule has 1 aliphatic rings. The van der Waals surface area contributed by atoms with Crippen LogP contribution in [0.1, 0.15) is 12.8 Å². The molecule has 3 rings (SSSR count). The van der Waals surface area contributed by atoms with Crippen LogP contribution in [0.3, 0.4) is 0 Å². The summed E-state index contributed by atoms with van der Waals surface area (Å²) in [6.07, 6.45) is 3.53. The van der Waals surface area contributed by atoms with E-state index < -0.39 is 0 Å². The third-order valence-corrected chi connectivity index (χ3v) is 3.65. The Labute approximate surface area is 115 Å². The van der Waals surface area contributed by atoms with Gasteiger partial charge >= 0.3 is 0 Å². The summed E-state index contributed by atoms with van der Waals surface area (Å²) in [7, 11) is 1.66. The van der Waals surface area contributed by atoms with Gasteiger partial charge in [0, 0.05) is 20.1 Å². The van der Waals surface area contributed by atoms with Gasteiger partial charge < -0.3 is 16.0 Å². The maximum atomic E-state index is 11.8. The number of anilines is 2. The molecule has 1 unspecified atom stereocenters. The van der Waals surface area contributed by atoms with Gasteiger partial charge in [0.05, 0.1) is 17.5 Å². The molecule has 1 aliphatic heterocycles. The lowest BCUT2D eigenvalue weighted by atomic mass is 9.97. The molecular weight excluding hydrogens is 258 g/mol. The van der Waals surface area contributed by atoms with Crippen molar-refractivity contribution < 1.29 is 4.79 Å². The van der Waals surface area contributed by atoms with Gasteiger partial charge in [-0.1, -0.05) is 0 Å². The van der Waals surface area contributed by atoms with Crippen molar-refractivity contribution in [2.24, 2.45) is 5.92 Å². The number of carbonyl (C=O) groups is 1. The third-order valence-electron chi connectivity index (χ3n) is 3.65. The molecule has 106 valence electrons. The number of nitrogens with one attached hydrogen (secondary N) is 2. The van der Waals surface area contributed by atoms with Gasteiger partial charge in [-0.3, -0.25) is 9.89 Å². The number of nitrogens with zero attached hydrogens (tertiary/aromatic N) is 4. The standard InChI is InChI=1S/C12H17N7O/c1-14-11(20)7-3-2-4-19(6-7)10-8-5-15-18-9(8)16-12(13)17-10/h5,7H,2-4,6H2,1H3,(H,14,20)(H3,13,15,16,17,18). The number of aromatic amines is 1. The van der Waals surface area contributed by atoms with Crippen LogP contribution < -0.4 is 16.0 Å². The van der Waals surface area contributed by atoms with E-state index in [9.17, 15) is 4.79 Å². The van der Waals surface area contributed by atoms with Crippen molar-refractivity contribution in [3.8, 4) is 0 Å². The smallest absolute Gasteiger partial charge is 0.224 e. The summed E-state index contributed by atoms with van der Waals surface area (Å²) < 4.78 is 0. The zero-order valence-corrected chi connectivity index (χ0v) is 11.3. The lowest BCUT2D eigenvalue weighted by Crippen LogP contribution is -2.42. The number of H-pyrrole nitrogens is 1. The van der Waals surface area contributed by atoms with E-state index in [1.54, 1.807) is 13.2 Å². The van der Waals surface area contributed by atoms with Gasteiger partial charge in [0.2, 0.25) is 11.9 Å². The summed E-state index contributed by atoms with van der Waals surface area (Å²) in [5.41, 5.74) is 6.36. The highest BCUT2D eigenvalue weighted by Crippen LogP contribution is 2.27. The molecule has 8 nitrogen and oxygen atoms in total. The molecule has 8 heteroatoms. The van der Waals surface area contributed by atoms with E-state index in [0.717, 1.165) is 30.6 Å². The molecule has 20 heavy (non-hydrogen) atoms. The minimum absolute atomic E-state index is 0.0214. The highest BCUT2D eigenvalue weighted by molar-refractivity contribution is 5.88. The first kappa shape index (κ1) is 12.6. The first-order chi connectivity index (χ1) is 9.69. The zero-order valence-electron chi connectivity index (χ0n) is 11.3. The molecule has 2 aromatic rings. The van der Waals surface area contributed by atoms with Gasteiger partial charge in [-0.2, -0.15) is 15.1 Å². The number of rotatable bonds is 2. The Morgan fingerprint density at radius 2 is 2.40 bits per heavy atom. The van der Waals surface area contributed by atoms with Crippen molar-refractivity contribution in [1.82, 2.24) is 25.5 Å². The minimum atomic E-state index is -0.0214. The van der Waals surface area contributed by atoms with Crippen LogP contribution in [-0.2, 0) is 4.79 Å². The average Bonchev–Trinajstić information content (AvgIpc) is 2.93. The van der Waals surface area contributed by atoms with E-state index in [2.05, 4.69) is 30.4 Å². The summed E-state index contributed by atoms with van der Waals surface area (Å²) in [5, 5.41) is 10.3. The number of nitrogen functional groups attached to an aromatic ring is 1. The van der Waals surface area contributed by atoms with Gasteiger partial charge in [0.1, 0.15) is 5.82 Å². The maximum Gasteiger partial charge on any atom is 0.224 e. The summed E-state index contributed by atoms with van der Waals surface area (Å²) in [6, 6.07) is 0. The number of carbonyl (C=O) groups excluding carboxylic acids is 1. The molecular formula is C12H17N7O. The largest absolute Gasteiger partial charge is 0.368 e. The zero-order chi connectivity index (χ0) is 14.1. The Kier molecular flexibility index (Phi) is 3.13. The van der Waals surface area contributed by atoms with Crippen LogP contribution in [0.4, 0.5) is 11.8 Å². The first-order valence-corrected chi connectivity index (χ1v) is 6.62. The summed E-state index contributed by atoms with van der Waals surface area (Å²) in [4.78, 5) is 22.3. The van der Waals surface area contributed by atoms with Crippen molar-refractivity contribution in [3.63, 3.8) is 0 Å². The average molecular weight is 275 g/mol. The SMILES string of the molecule is CNC(=O)C1CCCN(c2nc(N)nc3[nH]ncc23)C1. The molecule has 1 atom stereocenters. The van der Waals surface area contributed by atoms with Gasteiger partial charge in [0.15, 0.2) is 5.65 Å². The topological polar surface area (TPSA) is 113 Å². The maximum absolute atomic E-state index is 11.8. The molecule has 2 aromatic heterocycles. The molecule has 0 spiro atoms. The van der Waals surface area contributed by atoms with Crippen LogP contribution in [0.25, 0.3) is 11.0 Å². The van der Waals surface area contributed by atoms with Gasteiger partial charge in [-0.25, -0.2) is 0 Å². The van der Waals surface area contributed by atoms with Crippen molar-refractivity contribution in [1.29, 1.82) is 0 Å². The van der Waals surface area contributed by atoms with E-state index >= 15 is 0 Å². The third kappa shape index (κ3) is 2.13. The Balaban J connectivity index is 1.94. The molecule has 1 saturated heterocycles. The predicted molar refractivity (Wildman–Crippen MR) is 75.1 cm³/mol. The lowest BCUT2D eigenvalue weighted by molar-refractivity contribution is -0.124. The Hall–Kier alpha value is -2.38. The van der Waals surface area contributed by atoms with Crippen LogP contribution in [0.5, 0.6) is 0 Å².